The molecular formula is C58H92N8O43P8. The van der Waals surface area contributed by atoms with Gasteiger partial charge in [0.25, 0.3) is 11.1 Å². The van der Waals surface area contributed by atoms with Crippen LogP contribution in [0, 0.1) is 20.8 Å². The second-order valence-electron chi connectivity index (χ2n) is 25.4. The third kappa shape index (κ3) is 35.4. The Morgan fingerprint density at radius 1 is 0.504 bits per heavy atom. The predicted molar refractivity (Wildman–Crippen MR) is 393 cm³/mol. The first-order valence-corrected chi connectivity index (χ1v) is 47.3. The van der Waals surface area contributed by atoms with Crippen LogP contribution in [-0.4, -0.2) is 227 Å². The number of phosphoric ester groups is 4. The van der Waals surface area contributed by atoms with Gasteiger partial charge in [0, 0.05) is 61.4 Å². The van der Waals surface area contributed by atoms with Crippen molar-refractivity contribution in [2.24, 2.45) is 0 Å². The smallest absolute Gasteiger partial charge is 0.490 e. The first kappa shape index (κ1) is 99.1. The Kier molecular flexibility index (Phi) is 38.9. The lowest BCUT2D eigenvalue weighted by Gasteiger charge is -2.24. The van der Waals surface area contributed by atoms with Crippen molar-refractivity contribution in [1.29, 1.82) is 0 Å². The molecule has 0 bridgehead atoms. The Morgan fingerprint density at radius 3 is 1.50 bits per heavy atom. The van der Waals surface area contributed by atoms with E-state index < -0.39 is 167 Å². The van der Waals surface area contributed by atoms with Crippen LogP contribution in [0.1, 0.15) is 105 Å². The van der Waals surface area contributed by atoms with Gasteiger partial charge in [0.15, 0.2) is 6.79 Å². The molecule has 117 heavy (non-hydrogen) atoms. The first-order chi connectivity index (χ1) is 54.9. The van der Waals surface area contributed by atoms with E-state index in [2.05, 4.69) is 65.5 Å². The highest BCUT2D eigenvalue weighted by molar-refractivity contribution is 7.72. The zero-order chi connectivity index (χ0) is 86.0. The van der Waals surface area contributed by atoms with Crippen LogP contribution in [-0.2, 0) is 136 Å². The number of amides is 2. The predicted octanol–water partition coefficient (Wildman–Crippen LogP) is 3.28. The maximum atomic E-state index is 12.7. The molecule has 11 unspecified atom stereocenters. The number of rotatable bonds is 52. The molecule has 14 N–H and O–H groups in total. The van der Waals surface area contributed by atoms with Gasteiger partial charge in [-0.15, -0.1) is 5.10 Å². The molecule has 1 aromatic carbocycles. The molecule has 51 nitrogen and oxygen atoms in total. The summed E-state index contributed by atoms with van der Waals surface area (Å²) in [5, 5.41) is 34.8. The van der Waals surface area contributed by atoms with Crippen LogP contribution in [0.2, 0.25) is 0 Å². The van der Waals surface area contributed by atoms with Gasteiger partial charge in [-0.05, 0) is 101 Å². The summed E-state index contributed by atoms with van der Waals surface area (Å²) in [5.74, 6) is 0.290. The molecule has 2 saturated heterocycles. The zero-order valence-corrected chi connectivity index (χ0v) is 69.8. The lowest BCUT2D eigenvalue weighted by Crippen LogP contribution is -2.33. The molecule has 662 valence electrons. The number of unbranched alkanes of at least 4 members (excludes halogenated alkanes) is 3. The number of aryl methyl sites for hydroxylation is 3. The Balaban J connectivity index is 0.641. The number of aromatic nitrogens is 6. The standard InChI is InChI=1S/C58H92N8O43P8/c1-38-33-65(56(72)61-54(38)70)51-31-46(67)48(103-51)35-98-111(77,78)101-37-100-110(75,76)97-22-19-60-58(74)102-43-9-8-10-45-44(16-15-43)40(3)63-64-53(45)41-11-13-42(14-12-41)95-30-29-94-28-27-93-26-25-92-24-23-91-21-17-50(69)59-18-6-4-5-7-20-96-112(79,80)105-114(83,84)107-116(87,88)109-117(89,90)108-115(85,86)106-113(81,82)99-36-49-47(68)32-52(104-49)66-34-39(2)55(71)62-57(66)73/h11-14,33-34,43,46-49,51-52,67-68H,4-10,15-32,35-37H2,1-3H3,(H,59,69)(H,60,74)(H,75,76)(H,77,78)(H,79,80)(H,81,82)(H,83,84)(H,85,86)(H,87,88)(H,89,90)(H,61,70,72)(H,62,71,73)/t43?,46?,47?,48-,49-,51-,52-/m1/s1. The SMILES string of the molecule is Cc1nnc(-c2ccc(OCCOCCOCCOCCOCCC(=O)NCCCCCCOP(=O)(O)OP(=O)(O)OP(=O)(O)OP(=O)(O)OP(=O)(O)OP(=O)(O)OC[C@H]3O[C@@H](n4cc(C)c(=O)[nH]c4=O)CC3O)cc2)c2c1CCC(OC(=O)NCCOP(=O)(O)OCOP(=O)(O)OC[C@H]1O[C@@H](n3cc(C)c(=O)[nH]c3=O)CC1O)CCC2. The molecule has 0 saturated carbocycles. The lowest BCUT2D eigenvalue weighted by molar-refractivity contribution is -0.122. The van der Waals surface area contributed by atoms with Crippen molar-refractivity contribution >= 4 is 74.6 Å². The summed E-state index contributed by atoms with van der Waals surface area (Å²) in [5.41, 5.74) is 1.47. The number of phosphoric acid groups is 8. The normalized spacial score (nSPS) is 22.6. The number of fused-ring (bicyclic) bond motifs is 1. The number of H-pyrrole nitrogens is 2. The minimum Gasteiger partial charge on any atom is -0.491 e. The van der Waals surface area contributed by atoms with Crippen molar-refractivity contribution in [3.63, 3.8) is 0 Å². The van der Waals surface area contributed by atoms with Crippen LogP contribution in [0.5, 0.6) is 5.75 Å². The van der Waals surface area contributed by atoms with E-state index in [1.165, 1.54) is 20.0 Å². The van der Waals surface area contributed by atoms with Crippen molar-refractivity contribution < 1.29 is 182 Å². The molecule has 59 heteroatoms. The molecule has 0 radical (unpaired) electrons. The van der Waals surface area contributed by atoms with Gasteiger partial charge in [-0.25, -0.2) is 50.9 Å². The minimum absolute atomic E-state index is 0.0199. The van der Waals surface area contributed by atoms with Crippen molar-refractivity contribution in [3.8, 4) is 17.0 Å². The van der Waals surface area contributed by atoms with Gasteiger partial charge >= 0.3 is 80.1 Å². The molecule has 1 aliphatic carbocycles. The van der Waals surface area contributed by atoms with E-state index in [1.807, 2.05) is 36.2 Å². The second kappa shape index (κ2) is 45.9. The maximum Gasteiger partial charge on any atom is 0.490 e. The summed E-state index contributed by atoms with van der Waals surface area (Å²) in [6.07, 6.45) is -3.23. The van der Waals surface area contributed by atoms with Gasteiger partial charge in [-0.1, -0.05) is 12.8 Å². The third-order valence-corrected chi connectivity index (χ3v) is 27.5. The summed E-state index contributed by atoms with van der Waals surface area (Å²) in [7, 11) is -47.1. The van der Waals surface area contributed by atoms with Crippen LogP contribution < -0.4 is 37.9 Å². The van der Waals surface area contributed by atoms with E-state index in [0.29, 0.717) is 76.0 Å². The fourth-order valence-corrected chi connectivity index (χ4v) is 20.0. The second-order valence-corrected chi connectivity index (χ2v) is 37.7. The topological polar surface area (TPSA) is 708 Å². The van der Waals surface area contributed by atoms with Crippen LogP contribution in [0.25, 0.3) is 11.3 Å². The molecular weight excluding hydrogens is 1740 g/mol. The third-order valence-electron chi connectivity index (χ3n) is 16.4. The van der Waals surface area contributed by atoms with Crippen LogP contribution in [0.4, 0.5) is 4.79 Å². The van der Waals surface area contributed by atoms with Gasteiger partial charge in [0.1, 0.15) is 43.1 Å². The summed E-state index contributed by atoms with van der Waals surface area (Å²) in [6.45, 7) is 2.62. The fourth-order valence-electron chi connectivity index (χ4n) is 10.9. The van der Waals surface area contributed by atoms with Gasteiger partial charge in [-0.3, -0.25) is 60.6 Å². The van der Waals surface area contributed by atoms with Crippen LogP contribution in [0.15, 0.2) is 55.8 Å². The number of nitrogens with one attached hydrogen (secondary N) is 4. The van der Waals surface area contributed by atoms with E-state index in [-0.39, 0.29) is 102 Å². The van der Waals surface area contributed by atoms with E-state index in [9.17, 15) is 115 Å². The molecule has 15 atom stereocenters. The molecule has 2 amide bonds. The lowest BCUT2D eigenvalue weighted by atomic mass is 9.89. The number of benzene rings is 1. The van der Waals surface area contributed by atoms with E-state index in [0.717, 1.165) is 37.7 Å². The zero-order valence-electron chi connectivity index (χ0n) is 62.6. The first-order valence-electron chi connectivity index (χ1n) is 35.4. The highest BCUT2D eigenvalue weighted by Crippen LogP contribution is 2.75. The molecule has 2 fully saturated rings. The number of hydrogen-bond donors (Lipinski definition) is 14. The molecule has 0 spiro atoms. The molecule has 4 aromatic rings. The number of ether oxygens (including phenoxy) is 8. The quantitative estimate of drug-likeness (QED) is 0.0171. The number of aliphatic hydroxyl groups excluding tert-OH is 2. The number of carbonyl (C=O) groups excluding carboxylic acids is 2. The van der Waals surface area contributed by atoms with Crippen molar-refractivity contribution in [1.82, 2.24) is 39.9 Å². The molecule has 5 heterocycles. The Morgan fingerprint density at radius 2 is 0.966 bits per heavy atom. The minimum atomic E-state index is -6.54. The number of nitrogens with zero attached hydrogens (tertiary/aromatic N) is 4. The van der Waals surface area contributed by atoms with Crippen LogP contribution in [0.3, 0.4) is 0 Å². The highest BCUT2D eigenvalue weighted by atomic mass is 31.3. The van der Waals surface area contributed by atoms with Crippen molar-refractivity contribution in [2.45, 2.75) is 141 Å². The fraction of sp³-hybridized carbons (Fsp3) is 0.655. The number of carbonyl (C=O) groups is 2. The van der Waals surface area contributed by atoms with E-state index in [1.54, 1.807) is 0 Å². The maximum absolute atomic E-state index is 12.7. The average Bonchev–Trinajstić information content (AvgIpc) is 1.79. The summed E-state index contributed by atoms with van der Waals surface area (Å²) >= 11 is 0. The van der Waals surface area contributed by atoms with Crippen molar-refractivity contribution in [3.05, 3.63) is 106 Å². The molecule has 7 rings (SSSR count). The number of aliphatic hydroxyl groups is 2. The summed E-state index contributed by atoms with van der Waals surface area (Å²) in [4.78, 5) is 156. The van der Waals surface area contributed by atoms with Gasteiger partial charge in [0.2, 0.25) is 5.91 Å². The largest absolute Gasteiger partial charge is 0.491 e. The average molecular weight is 1840 g/mol. The summed E-state index contributed by atoms with van der Waals surface area (Å²) in [6, 6.07) is 7.39. The van der Waals surface area contributed by atoms with Gasteiger partial charge in [0.05, 0.1) is 103 Å². The van der Waals surface area contributed by atoms with Crippen LogP contribution >= 0.6 is 62.6 Å². The molecule has 3 aliphatic rings. The van der Waals surface area contributed by atoms with Gasteiger partial charge in [-0.2, -0.15) is 26.7 Å². The molecule has 3 aromatic heterocycles. The van der Waals surface area contributed by atoms with Crippen molar-refractivity contribution in [2.75, 3.05) is 106 Å². The Labute approximate surface area is 663 Å². The van der Waals surface area contributed by atoms with Gasteiger partial charge < -0.3 is 97.9 Å². The number of hydrogen-bond acceptors (Lipinski definition) is 37. The molecule has 2 aliphatic heterocycles. The van der Waals surface area contributed by atoms with E-state index >= 15 is 0 Å². The Hall–Kier alpha value is -5.04. The number of aromatic amines is 2. The monoisotopic (exact) mass is 1840 g/mol. The number of alkyl carbamates (subject to hydrolysis) is 1. The Bertz CT molecular complexity index is 4610. The highest BCUT2D eigenvalue weighted by Gasteiger charge is 2.50. The summed E-state index contributed by atoms with van der Waals surface area (Å²) < 4.78 is 191. The van der Waals surface area contributed by atoms with E-state index in [4.69, 9.17) is 46.9 Å².